The van der Waals surface area contributed by atoms with E-state index in [0.29, 0.717) is 19.8 Å². The smallest absolute Gasteiger partial charge is 0.335 e. The minimum Gasteiger partial charge on any atom is -0.478 e. The van der Waals surface area contributed by atoms with Crippen LogP contribution in [-0.2, 0) is 22.5 Å². The van der Waals surface area contributed by atoms with Crippen molar-refractivity contribution in [1.29, 1.82) is 0 Å². The third-order valence-electron chi connectivity index (χ3n) is 4.77. The maximum atomic E-state index is 13.2. The Morgan fingerprint density at radius 3 is 2.19 bits per heavy atom. The van der Waals surface area contributed by atoms with Crippen LogP contribution in [0.2, 0.25) is 0 Å². The van der Waals surface area contributed by atoms with Crippen molar-refractivity contribution in [3.05, 3.63) is 71.0 Å². The molecule has 1 aliphatic rings. The van der Waals surface area contributed by atoms with Gasteiger partial charge in [-0.25, -0.2) is 9.18 Å². The molecule has 2 aromatic carbocycles. The van der Waals surface area contributed by atoms with Crippen molar-refractivity contribution < 1.29 is 23.8 Å². The van der Waals surface area contributed by atoms with Crippen LogP contribution >= 0.6 is 0 Å². The van der Waals surface area contributed by atoms with Gasteiger partial charge in [-0.05, 0) is 48.2 Å². The number of hydrogen-bond donors (Lipinski definition) is 1. The molecule has 1 saturated heterocycles. The van der Waals surface area contributed by atoms with Crippen molar-refractivity contribution in [2.24, 2.45) is 0 Å². The van der Waals surface area contributed by atoms with E-state index < -0.39 is 5.97 Å². The van der Waals surface area contributed by atoms with Crippen LogP contribution in [0.4, 0.5) is 4.39 Å². The highest BCUT2D eigenvalue weighted by Gasteiger charge is 2.26. The van der Waals surface area contributed by atoms with Crippen LogP contribution in [0.1, 0.15) is 34.3 Å². The van der Waals surface area contributed by atoms with Gasteiger partial charge in [0.25, 0.3) is 0 Å². The zero-order valence-electron chi connectivity index (χ0n) is 14.9. The third kappa shape index (κ3) is 5.14. The normalized spacial score (nSPS) is 14.7. The number of rotatable bonds is 6. The first-order chi connectivity index (χ1) is 13.0. The SMILES string of the molecule is O=C(O)c1ccc(CC(=O)N(Cc2ccc(F)cc2)C2CCOCC2)cc1. The van der Waals surface area contributed by atoms with Gasteiger partial charge in [-0.15, -0.1) is 0 Å². The zero-order valence-corrected chi connectivity index (χ0v) is 14.9. The predicted molar refractivity (Wildman–Crippen MR) is 97.9 cm³/mol. The molecule has 0 unspecified atom stereocenters. The van der Waals surface area contributed by atoms with E-state index in [4.69, 9.17) is 9.84 Å². The third-order valence-corrected chi connectivity index (χ3v) is 4.77. The second-order valence-corrected chi connectivity index (χ2v) is 6.67. The highest BCUT2D eigenvalue weighted by molar-refractivity contribution is 5.87. The van der Waals surface area contributed by atoms with Crippen LogP contribution in [0.25, 0.3) is 0 Å². The van der Waals surface area contributed by atoms with E-state index in [1.54, 1.807) is 24.3 Å². The first kappa shape index (κ1) is 19.0. The fraction of sp³-hybridized carbons (Fsp3) is 0.333. The molecule has 0 saturated carbocycles. The summed E-state index contributed by atoms with van der Waals surface area (Å²) in [4.78, 5) is 25.8. The number of nitrogens with zero attached hydrogens (tertiary/aromatic N) is 1. The molecule has 0 bridgehead atoms. The lowest BCUT2D eigenvalue weighted by atomic mass is 10.0. The Morgan fingerprint density at radius 1 is 1.00 bits per heavy atom. The summed E-state index contributed by atoms with van der Waals surface area (Å²) in [5, 5.41) is 8.99. The Labute approximate surface area is 157 Å². The number of ether oxygens (including phenoxy) is 1. The summed E-state index contributed by atoms with van der Waals surface area (Å²) in [6.07, 6.45) is 1.73. The molecule has 0 aliphatic carbocycles. The van der Waals surface area contributed by atoms with Gasteiger partial charge in [-0.3, -0.25) is 4.79 Å². The van der Waals surface area contributed by atoms with Crippen LogP contribution < -0.4 is 0 Å². The number of halogens is 1. The number of carbonyl (C=O) groups excluding carboxylic acids is 1. The molecule has 0 aromatic heterocycles. The van der Waals surface area contributed by atoms with Crippen molar-refractivity contribution in [1.82, 2.24) is 4.90 Å². The predicted octanol–water partition coefficient (Wildman–Crippen LogP) is 3.27. The number of carboxylic acids is 1. The second kappa shape index (κ2) is 8.77. The first-order valence-electron chi connectivity index (χ1n) is 8.97. The van der Waals surface area contributed by atoms with E-state index in [1.165, 1.54) is 24.3 Å². The van der Waals surface area contributed by atoms with Gasteiger partial charge in [0.15, 0.2) is 0 Å². The van der Waals surface area contributed by atoms with Gasteiger partial charge in [0, 0.05) is 25.8 Å². The molecule has 6 heteroatoms. The van der Waals surface area contributed by atoms with Crippen molar-refractivity contribution in [2.45, 2.75) is 31.8 Å². The Bertz CT molecular complexity index is 783. The summed E-state index contributed by atoms with van der Waals surface area (Å²) >= 11 is 0. The number of hydrogen-bond acceptors (Lipinski definition) is 3. The zero-order chi connectivity index (χ0) is 19.2. The molecule has 1 fully saturated rings. The number of carboxylic acid groups (broad SMARTS) is 1. The molecule has 5 nitrogen and oxygen atoms in total. The van der Waals surface area contributed by atoms with E-state index in [0.717, 1.165) is 24.0 Å². The van der Waals surface area contributed by atoms with Crippen molar-refractivity contribution in [2.75, 3.05) is 13.2 Å². The summed E-state index contributed by atoms with van der Waals surface area (Å²) in [7, 11) is 0. The van der Waals surface area contributed by atoms with Crippen molar-refractivity contribution in [3.63, 3.8) is 0 Å². The van der Waals surface area contributed by atoms with Gasteiger partial charge in [0.05, 0.1) is 12.0 Å². The molecule has 1 aliphatic heterocycles. The topological polar surface area (TPSA) is 66.8 Å². The lowest BCUT2D eigenvalue weighted by molar-refractivity contribution is -0.135. The standard InChI is InChI=1S/C21H22FNO4/c22-18-7-3-16(4-8-18)14-23(19-9-11-27-12-10-19)20(24)13-15-1-5-17(6-2-15)21(25)26/h1-8,19H,9-14H2,(H,25,26). The molecule has 0 radical (unpaired) electrons. The molecule has 142 valence electrons. The van der Waals surface area contributed by atoms with Crippen LogP contribution in [0.5, 0.6) is 0 Å². The Morgan fingerprint density at radius 2 is 1.59 bits per heavy atom. The van der Waals surface area contributed by atoms with Crippen molar-refractivity contribution >= 4 is 11.9 Å². The van der Waals surface area contributed by atoms with Crippen LogP contribution in [0.3, 0.4) is 0 Å². The quantitative estimate of drug-likeness (QED) is 0.846. The average Bonchev–Trinajstić information content (AvgIpc) is 2.68. The monoisotopic (exact) mass is 371 g/mol. The van der Waals surface area contributed by atoms with Gasteiger partial charge in [-0.2, -0.15) is 0 Å². The second-order valence-electron chi connectivity index (χ2n) is 6.67. The molecule has 1 heterocycles. The summed E-state index contributed by atoms with van der Waals surface area (Å²) in [6.45, 7) is 1.65. The van der Waals surface area contributed by atoms with Gasteiger partial charge < -0.3 is 14.7 Å². The summed E-state index contributed by atoms with van der Waals surface area (Å²) in [5.41, 5.74) is 1.83. The lowest BCUT2D eigenvalue weighted by Gasteiger charge is -2.34. The maximum Gasteiger partial charge on any atom is 0.335 e. The Kier molecular flexibility index (Phi) is 6.19. The molecule has 1 amide bonds. The van der Waals surface area contributed by atoms with E-state index in [1.807, 2.05) is 4.90 Å². The van der Waals surface area contributed by atoms with E-state index in [2.05, 4.69) is 0 Å². The van der Waals surface area contributed by atoms with E-state index in [-0.39, 0.29) is 29.8 Å². The summed E-state index contributed by atoms with van der Waals surface area (Å²) < 4.78 is 18.6. The molecular weight excluding hydrogens is 349 g/mol. The minimum absolute atomic E-state index is 0.0331. The van der Waals surface area contributed by atoms with E-state index >= 15 is 0 Å². The van der Waals surface area contributed by atoms with Crippen LogP contribution in [0, 0.1) is 5.82 Å². The van der Waals surface area contributed by atoms with Gasteiger partial charge in [-0.1, -0.05) is 24.3 Å². The molecule has 27 heavy (non-hydrogen) atoms. The van der Waals surface area contributed by atoms with Gasteiger partial charge >= 0.3 is 5.97 Å². The largest absolute Gasteiger partial charge is 0.478 e. The molecular formula is C21H22FNO4. The molecule has 3 rings (SSSR count). The average molecular weight is 371 g/mol. The van der Waals surface area contributed by atoms with Crippen LogP contribution in [0.15, 0.2) is 48.5 Å². The molecule has 2 aromatic rings. The maximum absolute atomic E-state index is 13.2. The molecule has 0 spiro atoms. The van der Waals surface area contributed by atoms with Crippen molar-refractivity contribution in [3.8, 4) is 0 Å². The fourth-order valence-electron chi connectivity index (χ4n) is 3.25. The lowest BCUT2D eigenvalue weighted by Crippen LogP contribution is -2.43. The number of aromatic carboxylic acids is 1. The molecule has 0 atom stereocenters. The number of benzene rings is 2. The Balaban J connectivity index is 1.74. The highest BCUT2D eigenvalue weighted by Crippen LogP contribution is 2.20. The minimum atomic E-state index is -0.993. The number of amides is 1. The highest BCUT2D eigenvalue weighted by atomic mass is 19.1. The number of carbonyl (C=O) groups is 2. The molecule has 1 N–H and O–H groups in total. The van der Waals surface area contributed by atoms with Gasteiger partial charge in [0.2, 0.25) is 5.91 Å². The van der Waals surface area contributed by atoms with E-state index in [9.17, 15) is 14.0 Å². The van der Waals surface area contributed by atoms with Gasteiger partial charge in [0.1, 0.15) is 5.82 Å². The fourth-order valence-corrected chi connectivity index (χ4v) is 3.25. The summed E-state index contributed by atoms with van der Waals surface area (Å²) in [6, 6.07) is 12.6. The first-order valence-corrected chi connectivity index (χ1v) is 8.97. The van der Waals surface area contributed by atoms with Crippen LogP contribution in [-0.4, -0.2) is 41.1 Å². The Hall–Kier alpha value is -2.73. The summed E-state index contributed by atoms with van der Waals surface area (Å²) in [5.74, 6) is -1.33.